The summed E-state index contributed by atoms with van der Waals surface area (Å²) in [6.07, 6.45) is 0. The first-order valence-corrected chi connectivity index (χ1v) is 2.87. The van der Waals surface area contributed by atoms with Gasteiger partial charge in [0.1, 0.15) is 0 Å². The number of hydrogen-bond donors (Lipinski definition) is 2. The van der Waals surface area contributed by atoms with E-state index in [1.165, 1.54) is 0 Å². The van der Waals surface area contributed by atoms with Gasteiger partial charge in [-0.15, -0.1) is 12.6 Å². The van der Waals surface area contributed by atoms with E-state index in [2.05, 4.69) is 24.8 Å². The number of nitriles is 1. The first-order chi connectivity index (χ1) is 4.09. The highest BCUT2D eigenvalue weighted by molar-refractivity contribution is 8.11. The SMILES string of the molecule is N#CC(C(N)=O)C(=S)S. The first-order valence-electron chi connectivity index (χ1n) is 2.01. The van der Waals surface area contributed by atoms with E-state index >= 15 is 0 Å². The molecule has 9 heavy (non-hydrogen) atoms. The topological polar surface area (TPSA) is 66.9 Å². The van der Waals surface area contributed by atoms with Gasteiger partial charge in [0, 0.05) is 0 Å². The minimum Gasteiger partial charge on any atom is -0.368 e. The average molecular weight is 160 g/mol. The Bertz CT molecular complexity index is 169. The number of thiol groups is 1. The maximum atomic E-state index is 10.2. The Morgan fingerprint density at radius 2 is 2.33 bits per heavy atom. The molecule has 0 saturated heterocycles. The van der Waals surface area contributed by atoms with Gasteiger partial charge in [0.15, 0.2) is 5.92 Å². The standard InChI is InChI=1S/C4H4N2OS2/c5-1-2(3(6)7)4(8)9/h2H,(H2,6,7)(H,8,9). The number of nitrogens with two attached hydrogens (primary N) is 1. The molecule has 3 nitrogen and oxygen atoms in total. The molecule has 1 atom stereocenters. The molecule has 0 bridgehead atoms. The van der Waals surface area contributed by atoms with E-state index in [9.17, 15) is 4.79 Å². The van der Waals surface area contributed by atoms with Crippen molar-refractivity contribution in [2.75, 3.05) is 0 Å². The molecule has 0 aliphatic heterocycles. The van der Waals surface area contributed by atoms with Crippen LogP contribution in [0.1, 0.15) is 0 Å². The van der Waals surface area contributed by atoms with Gasteiger partial charge in [-0.3, -0.25) is 4.79 Å². The lowest BCUT2D eigenvalue weighted by Gasteiger charge is -1.96. The van der Waals surface area contributed by atoms with Crippen molar-refractivity contribution in [1.82, 2.24) is 0 Å². The maximum Gasteiger partial charge on any atom is 0.240 e. The van der Waals surface area contributed by atoms with Crippen molar-refractivity contribution in [3.8, 4) is 6.07 Å². The van der Waals surface area contributed by atoms with Crippen molar-refractivity contribution in [2.24, 2.45) is 11.7 Å². The molecule has 0 aliphatic carbocycles. The molecule has 48 valence electrons. The summed E-state index contributed by atoms with van der Waals surface area (Å²) in [6.45, 7) is 0. The van der Waals surface area contributed by atoms with Crippen molar-refractivity contribution in [2.45, 2.75) is 0 Å². The first kappa shape index (κ1) is 8.40. The largest absolute Gasteiger partial charge is 0.368 e. The maximum absolute atomic E-state index is 10.2. The molecule has 5 heteroatoms. The summed E-state index contributed by atoms with van der Waals surface area (Å²) in [5.41, 5.74) is 4.75. The van der Waals surface area contributed by atoms with Crippen LogP contribution in [0.3, 0.4) is 0 Å². The molecule has 1 unspecified atom stereocenters. The Balaban J connectivity index is 4.22. The zero-order valence-electron chi connectivity index (χ0n) is 4.37. The number of rotatable bonds is 2. The number of carbonyl (C=O) groups excluding carboxylic acids is 1. The average Bonchev–Trinajstić information content (AvgIpc) is 1.64. The van der Waals surface area contributed by atoms with E-state index in [0.717, 1.165) is 0 Å². The van der Waals surface area contributed by atoms with Crippen LogP contribution in [-0.2, 0) is 4.79 Å². The summed E-state index contributed by atoms with van der Waals surface area (Å²) in [7, 11) is 0. The van der Waals surface area contributed by atoms with E-state index in [4.69, 9.17) is 11.0 Å². The summed E-state index contributed by atoms with van der Waals surface area (Å²) in [5.74, 6) is -1.79. The Labute approximate surface area is 63.2 Å². The molecule has 0 spiro atoms. The van der Waals surface area contributed by atoms with Crippen molar-refractivity contribution in [3.63, 3.8) is 0 Å². The van der Waals surface area contributed by atoms with Gasteiger partial charge in [-0.2, -0.15) is 5.26 Å². The van der Waals surface area contributed by atoms with Crippen LogP contribution in [0.5, 0.6) is 0 Å². The second-order valence-corrected chi connectivity index (χ2v) is 2.53. The quantitative estimate of drug-likeness (QED) is 0.437. The molecular weight excluding hydrogens is 156 g/mol. The van der Waals surface area contributed by atoms with Gasteiger partial charge in [0.05, 0.1) is 10.3 Å². The number of primary amides is 1. The van der Waals surface area contributed by atoms with E-state index in [0.29, 0.717) is 0 Å². The molecule has 0 aromatic rings. The van der Waals surface area contributed by atoms with Crippen LogP contribution in [0.2, 0.25) is 0 Å². The van der Waals surface area contributed by atoms with Crippen LogP contribution in [0, 0.1) is 17.2 Å². The van der Waals surface area contributed by atoms with Gasteiger partial charge in [0.2, 0.25) is 5.91 Å². The van der Waals surface area contributed by atoms with Gasteiger partial charge >= 0.3 is 0 Å². The summed E-state index contributed by atoms with van der Waals surface area (Å²) in [4.78, 5) is 10.2. The van der Waals surface area contributed by atoms with Crippen molar-refractivity contribution in [1.29, 1.82) is 5.26 Å². The number of hydrogen-bond acceptors (Lipinski definition) is 3. The molecule has 1 amide bonds. The summed E-state index contributed by atoms with van der Waals surface area (Å²) in [6, 6.07) is 1.61. The van der Waals surface area contributed by atoms with E-state index in [-0.39, 0.29) is 4.20 Å². The molecule has 0 rings (SSSR count). The minimum atomic E-state index is -1.04. The molecule has 0 saturated carbocycles. The lowest BCUT2D eigenvalue weighted by atomic mass is 10.2. The van der Waals surface area contributed by atoms with Crippen molar-refractivity contribution < 1.29 is 4.79 Å². The van der Waals surface area contributed by atoms with Crippen LogP contribution in [0.25, 0.3) is 0 Å². The highest BCUT2D eigenvalue weighted by Gasteiger charge is 2.16. The fourth-order valence-electron chi connectivity index (χ4n) is 0.241. The Kier molecular flexibility index (Phi) is 3.20. The molecule has 0 fully saturated rings. The van der Waals surface area contributed by atoms with Crippen molar-refractivity contribution >= 4 is 35.0 Å². The van der Waals surface area contributed by atoms with Crippen LogP contribution >= 0.6 is 24.8 Å². The van der Waals surface area contributed by atoms with Gasteiger partial charge in [0.25, 0.3) is 0 Å². The molecule has 0 aliphatic rings. The summed E-state index contributed by atoms with van der Waals surface area (Å²) < 4.78 is 0.0185. The number of thiocarbonyl (C=S) groups is 1. The minimum absolute atomic E-state index is 0.0185. The van der Waals surface area contributed by atoms with Crippen molar-refractivity contribution in [3.05, 3.63) is 0 Å². The van der Waals surface area contributed by atoms with E-state index in [1.807, 2.05) is 0 Å². The Morgan fingerprint density at radius 1 is 1.89 bits per heavy atom. The molecule has 0 aromatic heterocycles. The number of amides is 1. The van der Waals surface area contributed by atoms with Gasteiger partial charge in [-0.05, 0) is 0 Å². The fourth-order valence-corrected chi connectivity index (χ4v) is 0.594. The third-order valence-electron chi connectivity index (χ3n) is 0.661. The Hall–Kier alpha value is -0.600. The zero-order valence-corrected chi connectivity index (χ0v) is 6.08. The third-order valence-corrected chi connectivity index (χ3v) is 1.15. The lowest BCUT2D eigenvalue weighted by Crippen LogP contribution is -2.25. The number of carbonyl (C=O) groups is 1. The second kappa shape index (κ2) is 3.43. The van der Waals surface area contributed by atoms with Gasteiger partial charge in [-0.25, -0.2) is 0 Å². The van der Waals surface area contributed by atoms with Crippen LogP contribution in [0.15, 0.2) is 0 Å². The summed E-state index contributed by atoms with van der Waals surface area (Å²) in [5, 5.41) is 8.18. The molecule has 0 radical (unpaired) electrons. The fraction of sp³-hybridized carbons (Fsp3) is 0.250. The molecule has 0 heterocycles. The third kappa shape index (κ3) is 2.44. The monoisotopic (exact) mass is 160 g/mol. The second-order valence-electron chi connectivity index (χ2n) is 1.30. The van der Waals surface area contributed by atoms with E-state index < -0.39 is 11.8 Å². The van der Waals surface area contributed by atoms with Gasteiger partial charge in [-0.1, -0.05) is 12.2 Å². The lowest BCUT2D eigenvalue weighted by molar-refractivity contribution is -0.118. The van der Waals surface area contributed by atoms with Crippen LogP contribution in [0.4, 0.5) is 0 Å². The molecule has 0 aromatic carbocycles. The Morgan fingerprint density at radius 3 is 2.33 bits per heavy atom. The zero-order chi connectivity index (χ0) is 7.44. The predicted octanol–water partition coefficient (Wildman–Crippen LogP) is -0.131. The smallest absolute Gasteiger partial charge is 0.240 e. The number of nitrogens with zero attached hydrogens (tertiary/aromatic N) is 1. The van der Waals surface area contributed by atoms with Gasteiger partial charge < -0.3 is 5.73 Å². The van der Waals surface area contributed by atoms with E-state index in [1.54, 1.807) is 6.07 Å². The van der Waals surface area contributed by atoms with Crippen LogP contribution < -0.4 is 5.73 Å². The highest BCUT2D eigenvalue weighted by Crippen LogP contribution is 2.00. The summed E-state index contributed by atoms with van der Waals surface area (Å²) >= 11 is 8.05. The van der Waals surface area contributed by atoms with Crippen LogP contribution in [-0.4, -0.2) is 10.1 Å². The molecule has 2 N–H and O–H groups in total. The predicted molar refractivity (Wildman–Crippen MR) is 39.9 cm³/mol. The molecular formula is C4H4N2OS2. The highest BCUT2D eigenvalue weighted by atomic mass is 32.1. The normalized spacial score (nSPS) is 11.6.